The van der Waals surface area contributed by atoms with Crippen LogP contribution in [0.1, 0.15) is 0 Å². The zero-order valence-corrected chi connectivity index (χ0v) is 11.3. The number of urea groups is 1. The Balaban J connectivity index is 2.07. The van der Waals surface area contributed by atoms with Crippen molar-refractivity contribution in [2.24, 2.45) is 0 Å². The van der Waals surface area contributed by atoms with Crippen molar-refractivity contribution in [3.8, 4) is 0 Å². The third-order valence-corrected chi connectivity index (χ3v) is 2.89. The monoisotopic (exact) mass is 295 g/mol. The third-order valence-electron chi connectivity index (χ3n) is 2.32. The van der Waals surface area contributed by atoms with Gasteiger partial charge in [-0.1, -0.05) is 29.3 Å². The summed E-state index contributed by atoms with van der Waals surface area (Å²) >= 11 is 11.8. The maximum atomic E-state index is 11.8. The van der Waals surface area contributed by atoms with Gasteiger partial charge in [0, 0.05) is 16.4 Å². The highest BCUT2D eigenvalue weighted by molar-refractivity contribution is 6.35. The minimum atomic E-state index is -0.422. The molecule has 0 radical (unpaired) electrons. The van der Waals surface area contributed by atoms with Gasteiger partial charge in [-0.25, -0.2) is 4.79 Å². The van der Waals surface area contributed by atoms with E-state index < -0.39 is 6.03 Å². The molecule has 0 saturated carbocycles. The fourth-order valence-electron chi connectivity index (χ4n) is 1.49. The summed E-state index contributed by atoms with van der Waals surface area (Å²) in [6.45, 7) is 0. The first-order valence-corrected chi connectivity index (χ1v) is 6.19. The summed E-state index contributed by atoms with van der Waals surface area (Å²) < 4.78 is 0. The SMILES string of the molecule is Nc1cccc(NC(=O)Nc2cc(Cl)ccc2Cl)c1. The second kappa shape index (κ2) is 5.82. The quantitative estimate of drug-likeness (QED) is 0.726. The molecule has 0 saturated heterocycles. The molecule has 0 spiro atoms. The van der Waals surface area contributed by atoms with E-state index in [0.29, 0.717) is 27.1 Å². The third kappa shape index (κ3) is 3.77. The molecule has 0 unspecified atom stereocenters. The maximum Gasteiger partial charge on any atom is 0.323 e. The molecule has 2 aromatic rings. The van der Waals surface area contributed by atoms with Crippen molar-refractivity contribution in [1.82, 2.24) is 0 Å². The zero-order valence-electron chi connectivity index (χ0n) is 9.78. The summed E-state index contributed by atoms with van der Waals surface area (Å²) in [5.74, 6) is 0. The van der Waals surface area contributed by atoms with Crippen LogP contribution in [0.25, 0.3) is 0 Å². The summed E-state index contributed by atoms with van der Waals surface area (Å²) in [4.78, 5) is 11.8. The fraction of sp³-hybridized carbons (Fsp3) is 0. The van der Waals surface area contributed by atoms with E-state index >= 15 is 0 Å². The predicted molar refractivity (Wildman–Crippen MR) is 80.0 cm³/mol. The second-order valence-electron chi connectivity index (χ2n) is 3.83. The van der Waals surface area contributed by atoms with Crippen molar-refractivity contribution in [2.75, 3.05) is 16.4 Å². The Morgan fingerprint density at radius 3 is 2.58 bits per heavy atom. The molecular weight excluding hydrogens is 285 g/mol. The van der Waals surface area contributed by atoms with Gasteiger partial charge in [0.1, 0.15) is 0 Å². The molecule has 0 fully saturated rings. The number of benzene rings is 2. The number of nitrogens with one attached hydrogen (secondary N) is 2. The van der Waals surface area contributed by atoms with E-state index in [4.69, 9.17) is 28.9 Å². The Kier molecular flexibility index (Phi) is 4.14. The number of nitrogen functional groups attached to an aromatic ring is 1. The average Bonchev–Trinajstić information content (AvgIpc) is 2.34. The molecule has 0 aliphatic carbocycles. The molecule has 98 valence electrons. The van der Waals surface area contributed by atoms with E-state index in [9.17, 15) is 4.79 Å². The largest absolute Gasteiger partial charge is 0.399 e. The van der Waals surface area contributed by atoms with Gasteiger partial charge in [-0.3, -0.25) is 0 Å². The first-order chi connectivity index (χ1) is 9.04. The van der Waals surface area contributed by atoms with E-state index in [-0.39, 0.29) is 0 Å². The first kappa shape index (κ1) is 13.5. The Labute approximate surface area is 120 Å². The summed E-state index contributed by atoms with van der Waals surface area (Å²) in [5.41, 5.74) is 7.22. The molecule has 0 aliphatic heterocycles. The van der Waals surface area contributed by atoms with Crippen LogP contribution >= 0.6 is 23.2 Å². The number of hydrogen-bond acceptors (Lipinski definition) is 2. The Bertz CT molecular complexity index is 617. The van der Waals surface area contributed by atoms with E-state index in [1.807, 2.05) is 0 Å². The molecule has 2 aromatic carbocycles. The van der Waals surface area contributed by atoms with Crippen molar-refractivity contribution in [1.29, 1.82) is 0 Å². The lowest BCUT2D eigenvalue weighted by molar-refractivity contribution is 0.262. The number of carbonyl (C=O) groups excluding carboxylic acids is 1. The topological polar surface area (TPSA) is 67.1 Å². The lowest BCUT2D eigenvalue weighted by Crippen LogP contribution is -2.19. The van der Waals surface area contributed by atoms with Gasteiger partial charge in [0.05, 0.1) is 10.7 Å². The standard InChI is InChI=1S/C13H11Cl2N3O/c14-8-4-5-11(15)12(6-8)18-13(19)17-10-3-1-2-9(16)7-10/h1-7H,16H2,(H2,17,18,19). The van der Waals surface area contributed by atoms with Crippen LogP contribution in [0, 0.1) is 0 Å². The minimum Gasteiger partial charge on any atom is -0.399 e. The van der Waals surface area contributed by atoms with Gasteiger partial charge in [0.2, 0.25) is 0 Å². The molecule has 2 rings (SSSR count). The molecule has 4 N–H and O–H groups in total. The van der Waals surface area contributed by atoms with Crippen molar-refractivity contribution in [2.45, 2.75) is 0 Å². The summed E-state index contributed by atoms with van der Waals surface area (Å²) in [6.07, 6.45) is 0. The van der Waals surface area contributed by atoms with Crippen LogP contribution in [0.15, 0.2) is 42.5 Å². The first-order valence-electron chi connectivity index (χ1n) is 5.43. The van der Waals surface area contributed by atoms with E-state index in [1.165, 1.54) is 0 Å². The van der Waals surface area contributed by atoms with Crippen LogP contribution in [0.4, 0.5) is 21.9 Å². The summed E-state index contributed by atoms with van der Waals surface area (Å²) in [5, 5.41) is 6.16. The molecule has 0 aromatic heterocycles. The van der Waals surface area contributed by atoms with Crippen LogP contribution in [-0.2, 0) is 0 Å². The number of amides is 2. The molecule has 0 atom stereocenters. The lowest BCUT2D eigenvalue weighted by atomic mass is 10.3. The molecule has 0 aliphatic rings. The number of carbonyl (C=O) groups is 1. The number of halogens is 2. The van der Waals surface area contributed by atoms with Crippen LogP contribution in [-0.4, -0.2) is 6.03 Å². The summed E-state index contributed by atoms with van der Waals surface area (Å²) in [7, 11) is 0. The second-order valence-corrected chi connectivity index (χ2v) is 4.67. The van der Waals surface area contributed by atoms with Crippen LogP contribution in [0.5, 0.6) is 0 Å². The molecule has 19 heavy (non-hydrogen) atoms. The van der Waals surface area contributed by atoms with Crippen LogP contribution in [0.2, 0.25) is 10.0 Å². The van der Waals surface area contributed by atoms with Gasteiger partial charge < -0.3 is 16.4 Å². The molecule has 2 amide bonds. The van der Waals surface area contributed by atoms with E-state index in [1.54, 1.807) is 42.5 Å². The zero-order chi connectivity index (χ0) is 13.8. The highest BCUT2D eigenvalue weighted by Crippen LogP contribution is 2.25. The summed E-state index contributed by atoms with van der Waals surface area (Å²) in [6, 6.07) is 11.3. The van der Waals surface area contributed by atoms with Crippen molar-refractivity contribution in [3.05, 3.63) is 52.5 Å². The smallest absolute Gasteiger partial charge is 0.323 e. The number of hydrogen-bond donors (Lipinski definition) is 3. The molecule has 4 nitrogen and oxygen atoms in total. The van der Waals surface area contributed by atoms with Crippen molar-refractivity contribution in [3.63, 3.8) is 0 Å². The minimum absolute atomic E-state index is 0.409. The maximum absolute atomic E-state index is 11.8. The van der Waals surface area contributed by atoms with Gasteiger partial charge in [-0.05, 0) is 36.4 Å². The Morgan fingerprint density at radius 1 is 1.05 bits per heavy atom. The molecule has 0 heterocycles. The van der Waals surface area contributed by atoms with Crippen LogP contribution < -0.4 is 16.4 Å². The van der Waals surface area contributed by atoms with E-state index in [2.05, 4.69) is 10.6 Å². The van der Waals surface area contributed by atoms with Gasteiger partial charge in [0.25, 0.3) is 0 Å². The van der Waals surface area contributed by atoms with Gasteiger partial charge in [-0.2, -0.15) is 0 Å². The number of nitrogens with two attached hydrogens (primary N) is 1. The highest BCUT2D eigenvalue weighted by atomic mass is 35.5. The molecule has 0 bridgehead atoms. The van der Waals surface area contributed by atoms with Crippen molar-refractivity contribution < 1.29 is 4.79 Å². The van der Waals surface area contributed by atoms with Crippen LogP contribution in [0.3, 0.4) is 0 Å². The highest BCUT2D eigenvalue weighted by Gasteiger charge is 2.06. The number of rotatable bonds is 2. The lowest BCUT2D eigenvalue weighted by Gasteiger charge is -2.09. The Morgan fingerprint density at radius 2 is 1.84 bits per heavy atom. The van der Waals surface area contributed by atoms with Gasteiger partial charge >= 0.3 is 6.03 Å². The molecule has 6 heteroatoms. The Hall–Kier alpha value is -1.91. The molecular formula is C13H11Cl2N3O. The predicted octanol–water partition coefficient (Wildman–Crippen LogP) is 4.22. The average molecular weight is 296 g/mol. The number of anilines is 3. The van der Waals surface area contributed by atoms with Crippen molar-refractivity contribution >= 4 is 46.3 Å². The van der Waals surface area contributed by atoms with E-state index in [0.717, 1.165) is 0 Å². The fourth-order valence-corrected chi connectivity index (χ4v) is 1.83. The van der Waals surface area contributed by atoms with Gasteiger partial charge in [0.15, 0.2) is 0 Å². The normalized spacial score (nSPS) is 10.0. The van der Waals surface area contributed by atoms with Gasteiger partial charge in [-0.15, -0.1) is 0 Å².